The second-order valence-electron chi connectivity index (χ2n) is 2.93. The number of aromatic nitrogens is 3. The van der Waals surface area contributed by atoms with Crippen LogP contribution in [0.1, 0.15) is 6.92 Å². The average Bonchev–Trinajstić information content (AvgIpc) is 2.59. The molecule has 2 aromatic heterocycles. The second kappa shape index (κ2) is 4.13. The molecule has 7 heteroatoms. The van der Waals surface area contributed by atoms with Crippen LogP contribution in [0.4, 0.5) is 15.0 Å². The number of halogens is 1. The molecule has 2 aromatic rings. The molecule has 16 heavy (non-hydrogen) atoms. The van der Waals surface area contributed by atoms with Crippen molar-refractivity contribution in [1.29, 1.82) is 0 Å². The Morgan fingerprint density at radius 1 is 1.62 bits per heavy atom. The number of amides is 1. The number of hydrogen-bond acceptors (Lipinski definition) is 4. The maximum absolute atomic E-state index is 12.8. The molecule has 1 N–H and O–H groups in total. The van der Waals surface area contributed by atoms with E-state index in [0.717, 1.165) is 0 Å². The Hall–Kier alpha value is -2.18. The number of hydrogen-bond donors (Lipinski definition) is 1. The molecule has 0 aliphatic carbocycles. The quantitative estimate of drug-likeness (QED) is 0.837. The molecule has 0 fully saturated rings. The lowest BCUT2D eigenvalue weighted by atomic mass is 10.5. The van der Waals surface area contributed by atoms with Gasteiger partial charge in [0.05, 0.1) is 12.8 Å². The van der Waals surface area contributed by atoms with E-state index in [0.29, 0.717) is 5.65 Å². The van der Waals surface area contributed by atoms with Gasteiger partial charge in [-0.3, -0.25) is 5.32 Å². The molecule has 0 aromatic carbocycles. The minimum absolute atomic E-state index is 0.261. The molecular formula is C9H9FN4O2. The number of nitrogens with zero attached hydrogens (tertiary/aromatic N) is 3. The minimum Gasteiger partial charge on any atom is -0.450 e. The van der Waals surface area contributed by atoms with E-state index in [1.807, 2.05) is 0 Å². The third-order valence-corrected chi connectivity index (χ3v) is 1.79. The number of carbonyl (C=O) groups is 1. The van der Waals surface area contributed by atoms with Gasteiger partial charge in [0.1, 0.15) is 0 Å². The summed E-state index contributed by atoms with van der Waals surface area (Å²) in [6, 6.07) is 2.65. The summed E-state index contributed by atoms with van der Waals surface area (Å²) in [6.07, 6.45) is 0.793. The van der Waals surface area contributed by atoms with Gasteiger partial charge in [-0.25, -0.2) is 14.3 Å². The summed E-state index contributed by atoms with van der Waals surface area (Å²) in [4.78, 5) is 15.1. The smallest absolute Gasteiger partial charge is 0.412 e. The van der Waals surface area contributed by atoms with Crippen LogP contribution in [-0.4, -0.2) is 27.3 Å². The van der Waals surface area contributed by atoms with Gasteiger partial charge in [-0.1, -0.05) is 0 Å². The molecule has 2 heterocycles. The van der Waals surface area contributed by atoms with Gasteiger partial charge < -0.3 is 4.74 Å². The third kappa shape index (κ3) is 2.08. The Bertz CT molecular complexity index is 525. The summed E-state index contributed by atoms with van der Waals surface area (Å²) >= 11 is 0. The molecule has 1 amide bonds. The van der Waals surface area contributed by atoms with Crippen LogP contribution in [0, 0.1) is 5.95 Å². The molecule has 0 saturated carbocycles. The monoisotopic (exact) mass is 224 g/mol. The Kier molecular flexibility index (Phi) is 2.67. The highest BCUT2D eigenvalue weighted by Crippen LogP contribution is 2.08. The van der Waals surface area contributed by atoms with E-state index in [4.69, 9.17) is 0 Å². The predicted molar refractivity (Wildman–Crippen MR) is 53.6 cm³/mol. The first-order valence-electron chi connectivity index (χ1n) is 4.64. The van der Waals surface area contributed by atoms with Crippen molar-refractivity contribution in [2.75, 3.05) is 11.9 Å². The first-order chi connectivity index (χ1) is 7.69. The van der Waals surface area contributed by atoms with Gasteiger partial charge in [0.15, 0.2) is 11.5 Å². The lowest BCUT2D eigenvalue weighted by molar-refractivity contribution is 0.168. The molecule has 0 bridgehead atoms. The predicted octanol–water partition coefficient (Wildman–Crippen LogP) is 1.44. The summed E-state index contributed by atoms with van der Waals surface area (Å²) in [6.45, 7) is 1.96. The summed E-state index contributed by atoms with van der Waals surface area (Å²) in [5.74, 6) is -0.357. The zero-order valence-electron chi connectivity index (χ0n) is 8.48. The first-order valence-corrected chi connectivity index (χ1v) is 4.64. The number of carbonyl (C=O) groups excluding carboxylic acids is 1. The molecule has 0 aliphatic heterocycles. The number of fused-ring (bicyclic) bond motifs is 1. The molecule has 0 radical (unpaired) electrons. The number of rotatable bonds is 2. The van der Waals surface area contributed by atoms with Crippen LogP contribution in [0.25, 0.3) is 5.65 Å². The van der Waals surface area contributed by atoms with E-state index in [9.17, 15) is 9.18 Å². The zero-order valence-corrected chi connectivity index (χ0v) is 8.48. The van der Waals surface area contributed by atoms with Crippen molar-refractivity contribution >= 4 is 17.6 Å². The highest BCUT2D eigenvalue weighted by molar-refractivity contribution is 5.83. The Balaban J connectivity index is 2.23. The fraction of sp³-hybridized carbons (Fsp3) is 0.222. The Labute approximate surface area is 90.0 Å². The first kappa shape index (κ1) is 10.3. The summed E-state index contributed by atoms with van der Waals surface area (Å²) in [5.41, 5.74) is 0.438. The summed E-state index contributed by atoms with van der Waals surface area (Å²) in [5, 5.41) is 5.94. The van der Waals surface area contributed by atoms with E-state index >= 15 is 0 Å². The highest BCUT2D eigenvalue weighted by atomic mass is 19.1. The van der Waals surface area contributed by atoms with Gasteiger partial charge in [0.2, 0.25) is 5.95 Å². The molecule has 0 aliphatic rings. The molecule has 0 saturated heterocycles. The third-order valence-electron chi connectivity index (χ3n) is 1.79. The van der Waals surface area contributed by atoms with Crippen LogP contribution in [0.5, 0.6) is 0 Å². The average molecular weight is 224 g/mol. The molecule has 2 rings (SSSR count). The molecule has 84 valence electrons. The van der Waals surface area contributed by atoms with Crippen molar-refractivity contribution in [3.05, 3.63) is 24.3 Å². The van der Waals surface area contributed by atoms with E-state index in [1.54, 1.807) is 6.92 Å². The lowest BCUT2D eigenvalue weighted by Crippen LogP contribution is -2.13. The van der Waals surface area contributed by atoms with Crippen molar-refractivity contribution in [2.45, 2.75) is 6.92 Å². The number of imidazole rings is 1. The van der Waals surface area contributed by atoms with Gasteiger partial charge in [0.25, 0.3) is 0 Å². The SMILES string of the molecule is CCOC(=O)Nc1cn2nc(F)ccc2n1. The van der Waals surface area contributed by atoms with Gasteiger partial charge in [-0.05, 0) is 19.1 Å². The van der Waals surface area contributed by atoms with Crippen LogP contribution < -0.4 is 5.32 Å². The Morgan fingerprint density at radius 2 is 2.44 bits per heavy atom. The number of nitrogens with one attached hydrogen (secondary N) is 1. The van der Waals surface area contributed by atoms with Gasteiger partial charge in [-0.2, -0.15) is 4.39 Å². The van der Waals surface area contributed by atoms with E-state index < -0.39 is 12.0 Å². The highest BCUT2D eigenvalue weighted by Gasteiger charge is 2.07. The van der Waals surface area contributed by atoms with Crippen molar-refractivity contribution < 1.29 is 13.9 Å². The minimum atomic E-state index is -0.618. The van der Waals surface area contributed by atoms with Crippen molar-refractivity contribution in [3.8, 4) is 0 Å². The van der Waals surface area contributed by atoms with Crippen molar-refractivity contribution in [1.82, 2.24) is 14.6 Å². The molecule has 0 unspecified atom stereocenters. The van der Waals surface area contributed by atoms with E-state index in [2.05, 4.69) is 20.1 Å². The second-order valence-corrected chi connectivity index (χ2v) is 2.93. The topological polar surface area (TPSA) is 68.5 Å². The van der Waals surface area contributed by atoms with Crippen LogP contribution >= 0.6 is 0 Å². The van der Waals surface area contributed by atoms with E-state index in [-0.39, 0.29) is 12.4 Å². The zero-order chi connectivity index (χ0) is 11.5. The van der Waals surface area contributed by atoms with E-state index in [1.165, 1.54) is 22.8 Å². The molecule has 0 atom stereocenters. The van der Waals surface area contributed by atoms with Gasteiger partial charge in [0, 0.05) is 0 Å². The standard InChI is InChI=1S/C9H9FN4O2/c1-2-16-9(15)12-7-5-14-8(11-7)4-3-6(10)13-14/h3-5H,2H2,1H3,(H,12,15). The fourth-order valence-corrected chi connectivity index (χ4v) is 1.19. The summed E-state index contributed by atoms with van der Waals surface area (Å²) < 4.78 is 18.7. The molecule has 0 spiro atoms. The fourth-order valence-electron chi connectivity index (χ4n) is 1.19. The van der Waals surface area contributed by atoms with Crippen LogP contribution in [0.3, 0.4) is 0 Å². The maximum Gasteiger partial charge on any atom is 0.412 e. The largest absolute Gasteiger partial charge is 0.450 e. The Morgan fingerprint density at radius 3 is 3.19 bits per heavy atom. The maximum atomic E-state index is 12.8. The van der Waals surface area contributed by atoms with Crippen molar-refractivity contribution in [2.24, 2.45) is 0 Å². The summed E-state index contributed by atoms with van der Waals surface area (Å²) in [7, 11) is 0. The van der Waals surface area contributed by atoms with Gasteiger partial charge >= 0.3 is 6.09 Å². The van der Waals surface area contributed by atoms with Crippen LogP contribution in [0.15, 0.2) is 18.3 Å². The number of anilines is 1. The molecule has 6 nitrogen and oxygen atoms in total. The molecular weight excluding hydrogens is 215 g/mol. The van der Waals surface area contributed by atoms with Crippen LogP contribution in [-0.2, 0) is 4.74 Å². The number of ether oxygens (including phenoxy) is 1. The lowest BCUT2D eigenvalue weighted by Gasteiger charge is -1.99. The van der Waals surface area contributed by atoms with Crippen LogP contribution in [0.2, 0.25) is 0 Å². The van der Waals surface area contributed by atoms with Crippen molar-refractivity contribution in [3.63, 3.8) is 0 Å². The normalized spacial score (nSPS) is 10.4. The van der Waals surface area contributed by atoms with Gasteiger partial charge in [-0.15, -0.1) is 5.10 Å².